The van der Waals surface area contributed by atoms with E-state index in [2.05, 4.69) is 37.9 Å². The zero-order valence-corrected chi connectivity index (χ0v) is 11.5. The maximum absolute atomic E-state index is 12.0. The van der Waals surface area contributed by atoms with Gasteiger partial charge in [0.15, 0.2) is 0 Å². The molecule has 1 aliphatic heterocycles. The number of carbonyl (C=O) groups excluding carboxylic acids is 1. The molecule has 0 aromatic carbocycles. The molecule has 17 heavy (non-hydrogen) atoms. The van der Waals surface area contributed by atoms with Gasteiger partial charge in [0.25, 0.3) is 0 Å². The molecule has 1 amide bonds. The van der Waals surface area contributed by atoms with Crippen molar-refractivity contribution in [3.63, 3.8) is 0 Å². The van der Waals surface area contributed by atoms with E-state index in [-0.39, 0.29) is 24.0 Å². The Morgan fingerprint density at radius 2 is 2.18 bits per heavy atom. The van der Waals surface area contributed by atoms with Crippen LogP contribution in [0.25, 0.3) is 0 Å². The Bertz CT molecular complexity index is 264. The third kappa shape index (κ3) is 4.28. The summed E-state index contributed by atoms with van der Waals surface area (Å²) in [5.74, 6) is 0.586. The van der Waals surface area contributed by atoms with Crippen LogP contribution >= 0.6 is 0 Å². The second-order valence-electron chi connectivity index (χ2n) is 6.23. The molecule has 0 aliphatic carbocycles. The third-order valence-corrected chi connectivity index (χ3v) is 3.12. The van der Waals surface area contributed by atoms with E-state index in [4.69, 9.17) is 5.11 Å². The normalized spacial score (nSPS) is 25.8. The van der Waals surface area contributed by atoms with Crippen LogP contribution in [-0.4, -0.2) is 48.2 Å². The first-order valence-corrected chi connectivity index (χ1v) is 6.48. The van der Waals surface area contributed by atoms with E-state index in [0.717, 1.165) is 13.1 Å². The summed E-state index contributed by atoms with van der Waals surface area (Å²) in [5.41, 5.74) is 0.0920. The van der Waals surface area contributed by atoms with Gasteiger partial charge in [0, 0.05) is 26.2 Å². The number of amides is 1. The van der Waals surface area contributed by atoms with E-state index < -0.39 is 0 Å². The highest BCUT2D eigenvalue weighted by Crippen LogP contribution is 2.22. The number of nitrogens with one attached hydrogen (secondary N) is 1. The summed E-state index contributed by atoms with van der Waals surface area (Å²) in [7, 11) is 0. The summed E-state index contributed by atoms with van der Waals surface area (Å²) < 4.78 is 0. The topological polar surface area (TPSA) is 52.6 Å². The minimum atomic E-state index is -0.177. The number of nitrogens with zero attached hydrogens (tertiary/aromatic N) is 1. The van der Waals surface area contributed by atoms with Crippen LogP contribution in [0.15, 0.2) is 0 Å². The van der Waals surface area contributed by atoms with Crippen LogP contribution in [0.4, 0.5) is 0 Å². The number of aliphatic hydroxyl groups is 1. The highest BCUT2D eigenvalue weighted by atomic mass is 16.3. The summed E-state index contributed by atoms with van der Waals surface area (Å²) >= 11 is 0. The van der Waals surface area contributed by atoms with Crippen LogP contribution < -0.4 is 5.32 Å². The van der Waals surface area contributed by atoms with Gasteiger partial charge in [-0.15, -0.1) is 0 Å². The van der Waals surface area contributed by atoms with Crippen LogP contribution in [0.3, 0.4) is 0 Å². The van der Waals surface area contributed by atoms with E-state index >= 15 is 0 Å². The molecule has 0 aromatic heterocycles. The lowest BCUT2D eigenvalue weighted by atomic mass is 9.92. The van der Waals surface area contributed by atoms with E-state index in [1.165, 1.54) is 0 Å². The number of hydrogen-bond donors (Lipinski definition) is 2. The van der Waals surface area contributed by atoms with Gasteiger partial charge < -0.3 is 10.4 Å². The second kappa shape index (κ2) is 5.83. The van der Waals surface area contributed by atoms with E-state index in [1.807, 2.05) is 0 Å². The Labute approximate surface area is 104 Å². The van der Waals surface area contributed by atoms with Gasteiger partial charge in [-0.25, -0.2) is 0 Å². The van der Waals surface area contributed by atoms with E-state index in [9.17, 15) is 4.79 Å². The summed E-state index contributed by atoms with van der Waals surface area (Å²) in [6, 6.07) is -0.177. The molecule has 1 unspecified atom stereocenters. The summed E-state index contributed by atoms with van der Waals surface area (Å²) in [5, 5.41) is 12.1. The SMILES string of the molecule is CC(C)CN1CC(C)(C)CNC(=O)C1CCO. The van der Waals surface area contributed by atoms with Crippen molar-refractivity contribution in [2.75, 3.05) is 26.2 Å². The van der Waals surface area contributed by atoms with Gasteiger partial charge in [0.1, 0.15) is 0 Å². The van der Waals surface area contributed by atoms with Gasteiger partial charge in [-0.1, -0.05) is 27.7 Å². The predicted molar refractivity (Wildman–Crippen MR) is 68.7 cm³/mol. The minimum absolute atomic E-state index is 0.0604. The maximum Gasteiger partial charge on any atom is 0.237 e. The molecule has 1 atom stereocenters. The molecular formula is C13H26N2O2. The van der Waals surface area contributed by atoms with Crippen LogP contribution in [0.5, 0.6) is 0 Å². The molecule has 1 rings (SSSR count). The monoisotopic (exact) mass is 242 g/mol. The van der Waals surface area contributed by atoms with Crippen molar-refractivity contribution in [2.45, 2.75) is 40.2 Å². The molecule has 0 aromatic rings. The number of carbonyl (C=O) groups is 1. The highest BCUT2D eigenvalue weighted by Gasteiger charge is 2.34. The molecule has 1 heterocycles. The molecule has 0 radical (unpaired) electrons. The Kier molecular flexibility index (Phi) is 4.95. The van der Waals surface area contributed by atoms with Gasteiger partial charge in [-0.05, 0) is 17.8 Å². The summed E-state index contributed by atoms with van der Waals surface area (Å²) in [6.45, 7) is 11.2. The summed E-state index contributed by atoms with van der Waals surface area (Å²) in [4.78, 5) is 14.2. The van der Waals surface area contributed by atoms with Gasteiger partial charge in [-0.3, -0.25) is 9.69 Å². The first-order valence-electron chi connectivity index (χ1n) is 6.48. The Balaban J connectivity index is 2.83. The van der Waals surface area contributed by atoms with Gasteiger partial charge in [0.05, 0.1) is 6.04 Å². The van der Waals surface area contributed by atoms with Crippen LogP contribution in [0.1, 0.15) is 34.1 Å². The molecule has 0 spiro atoms. The second-order valence-corrected chi connectivity index (χ2v) is 6.23. The van der Waals surface area contributed by atoms with Crippen molar-refractivity contribution in [1.29, 1.82) is 0 Å². The smallest absolute Gasteiger partial charge is 0.237 e. The number of aliphatic hydroxyl groups excluding tert-OH is 1. The molecule has 0 bridgehead atoms. The van der Waals surface area contributed by atoms with Crippen molar-refractivity contribution in [3.8, 4) is 0 Å². The van der Waals surface area contributed by atoms with Crippen molar-refractivity contribution in [1.82, 2.24) is 10.2 Å². The molecule has 1 saturated heterocycles. The molecule has 2 N–H and O–H groups in total. The number of hydrogen-bond acceptors (Lipinski definition) is 3. The van der Waals surface area contributed by atoms with Gasteiger partial charge in [0.2, 0.25) is 5.91 Å². The van der Waals surface area contributed by atoms with Crippen molar-refractivity contribution < 1.29 is 9.90 Å². The lowest BCUT2D eigenvalue weighted by molar-refractivity contribution is -0.126. The first-order chi connectivity index (χ1) is 7.85. The third-order valence-electron chi connectivity index (χ3n) is 3.12. The largest absolute Gasteiger partial charge is 0.396 e. The molecule has 1 aliphatic rings. The fourth-order valence-corrected chi connectivity index (χ4v) is 2.42. The zero-order valence-electron chi connectivity index (χ0n) is 11.5. The molecule has 100 valence electrons. The van der Waals surface area contributed by atoms with E-state index in [0.29, 0.717) is 18.9 Å². The van der Waals surface area contributed by atoms with Crippen molar-refractivity contribution in [3.05, 3.63) is 0 Å². The zero-order chi connectivity index (χ0) is 13.1. The lowest BCUT2D eigenvalue weighted by Crippen LogP contribution is -2.46. The maximum atomic E-state index is 12.0. The lowest BCUT2D eigenvalue weighted by Gasteiger charge is -2.33. The van der Waals surface area contributed by atoms with Crippen LogP contribution in [0.2, 0.25) is 0 Å². The minimum Gasteiger partial charge on any atom is -0.396 e. The number of rotatable bonds is 4. The Hall–Kier alpha value is -0.610. The fourth-order valence-electron chi connectivity index (χ4n) is 2.42. The summed E-state index contributed by atoms with van der Waals surface area (Å²) in [6.07, 6.45) is 0.522. The average molecular weight is 242 g/mol. The fraction of sp³-hybridized carbons (Fsp3) is 0.923. The van der Waals surface area contributed by atoms with Crippen LogP contribution in [-0.2, 0) is 4.79 Å². The predicted octanol–water partition coefficient (Wildman–Crippen LogP) is 0.851. The molecule has 4 heteroatoms. The molecular weight excluding hydrogens is 216 g/mol. The average Bonchev–Trinajstić information content (AvgIpc) is 2.29. The first kappa shape index (κ1) is 14.5. The highest BCUT2D eigenvalue weighted by molar-refractivity contribution is 5.82. The Morgan fingerprint density at radius 1 is 1.53 bits per heavy atom. The Morgan fingerprint density at radius 3 is 2.71 bits per heavy atom. The van der Waals surface area contributed by atoms with Crippen molar-refractivity contribution in [2.24, 2.45) is 11.3 Å². The molecule has 0 saturated carbocycles. The standard InChI is InChI=1S/C13H26N2O2/c1-10(2)7-15-9-13(3,4)8-14-12(17)11(15)5-6-16/h10-11,16H,5-9H2,1-4H3,(H,14,17). The van der Waals surface area contributed by atoms with E-state index in [1.54, 1.807) is 0 Å². The van der Waals surface area contributed by atoms with Crippen molar-refractivity contribution >= 4 is 5.91 Å². The van der Waals surface area contributed by atoms with Gasteiger partial charge >= 0.3 is 0 Å². The van der Waals surface area contributed by atoms with Gasteiger partial charge in [-0.2, -0.15) is 0 Å². The van der Waals surface area contributed by atoms with Crippen LogP contribution in [0, 0.1) is 11.3 Å². The molecule has 4 nitrogen and oxygen atoms in total. The quantitative estimate of drug-likeness (QED) is 0.768. The molecule has 1 fully saturated rings.